The predicted octanol–water partition coefficient (Wildman–Crippen LogP) is 1.84. The lowest BCUT2D eigenvalue weighted by molar-refractivity contribution is -0.385. The SMILES string of the molecule is Cc1c(CC#N)ccc([N+](=O)[O-])c1C#N. The maximum atomic E-state index is 10.6. The molecule has 0 spiro atoms. The van der Waals surface area contributed by atoms with Gasteiger partial charge in [-0.3, -0.25) is 10.1 Å². The zero-order chi connectivity index (χ0) is 11.4. The van der Waals surface area contributed by atoms with E-state index >= 15 is 0 Å². The largest absolute Gasteiger partial charge is 0.287 e. The van der Waals surface area contributed by atoms with Crippen molar-refractivity contribution in [2.24, 2.45) is 0 Å². The van der Waals surface area contributed by atoms with Gasteiger partial charge in [-0.05, 0) is 18.1 Å². The van der Waals surface area contributed by atoms with Gasteiger partial charge >= 0.3 is 0 Å². The summed E-state index contributed by atoms with van der Waals surface area (Å²) in [5, 5.41) is 27.9. The Bertz CT molecular complexity index is 495. The molecule has 0 aliphatic rings. The first-order valence-corrected chi connectivity index (χ1v) is 4.15. The number of nitriles is 2. The summed E-state index contributed by atoms with van der Waals surface area (Å²) >= 11 is 0. The molecule has 0 aromatic heterocycles. The van der Waals surface area contributed by atoms with Crippen LogP contribution in [0.3, 0.4) is 0 Å². The van der Waals surface area contributed by atoms with Crippen LogP contribution in [0.1, 0.15) is 16.7 Å². The van der Waals surface area contributed by atoms with E-state index in [9.17, 15) is 10.1 Å². The zero-order valence-corrected chi connectivity index (χ0v) is 8.02. The van der Waals surface area contributed by atoms with E-state index in [2.05, 4.69) is 0 Å². The van der Waals surface area contributed by atoms with Crippen molar-refractivity contribution in [1.82, 2.24) is 0 Å². The maximum absolute atomic E-state index is 10.6. The minimum Gasteiger partial charge on any atom is -0.258 e. The van der Waals surface area contributed by atoms with Crippen LogP contribution in [0.25, 0.3) is 0 Å². The lowest BCUT2D eigenvalue weighted by Gasteiger charge is -2.03. The summed E-state index contributed by atoms with van der Waals surface area (Å²) < 4.78 is 0. The van der Waals surface area contributed by atoms with Crippen LogP contribution in [-0.2, 0) is 6.42 Å². The molecule has 5 heteroatoms. The van der Waals surface area contributed by atoms with E-state index < -0.39 is 4.92 Å². The third-order valence-corrected chi connectivity index (χ3v) is 2.13. The first kappa shape index (κ1) is 10.7. The van der Waals surface area contributed by atoms with Gasteiger partial charge in [-0.2, -0.15) is 10.5 Å². The fourth-order valence-corrected chi connectivity index (χ4v) is 1.31. The van der Waals surface area contributed by atoms with Gasteiger partial charge in [-0.15, -0.1) is 0 Å². The molecule has 0 bridgehead atoms. The van der Waals surface area contributed by atoms with Crippen LogP contribution in [0.15, 0.2) is 12.1 Å². The van der Waals surface area contributed by atoms with Crippen molar-refractivity contribution in [3.63, 3.8) is 0 Å². The van der Waals surface area contributed by atoms with Crippen molar-refractivity contribution < 1.29 is 4.92 Å². The van der Waals surface area contributed by atoms with Crippen molar-refractivity contribution in [3.05, 3.63) is 38.9 Å². The highest BCUT2D eigenvalue weighted by Crippen LogP contribution is 2.24. The van der Waals surface area contributed by atoms with Crippen molar-refractivity contribution in [3.8, 4) is 12.1 Å². The van der Waals surface area contributed by atoms with Gasteiger partial charge in [-0.1, -0.05) is 6.07 Å². The molecule has 0 aliphatic heterocycles. The molecule has 1 rings (SSSR count). The maximum Gasteiger partial charge on any atom is 0.287 e. The second-order valence-corrected chi connectivity index (χ2v) is 2.95. The number of nitro benzene ring substituents is 1. The Kier molecular flexibility index (Phi) is 3.00. The Morgan fingerprint density at radius 2 is 2.13 bits per heavy atom. The molecule has 5 nitrogen and oxygen atoms in total. The quantitative estimate of drug-likeness (QED) is 0.539. The van der Waals surface area contributed by atoms with Gasteiger partial charge in [0.25, 0.3) is 5.69 Å². The lowest BCUT2D eigenvalue weighted by Crippen LogP contribution is -1.98. The van der Waals surface area contributed by atoms with E-state index in [1.165, 1.54) is 12.1 Å². The Balaban J connectivity index is 3.42. The Morgan fingerprint density at radius 1 is 1.47 bits per heavy atom. The number of nitro groups is 1. The van der Waals surface area contributed by atoms with Crippen molar-refractivity contribution in [2.75, 3.05) is 0 Å². The molecular weight excluding hydrogens is 194 g/mol. The van der Waals surface area contributed by atoms with Gasteiger partial charge in [0, 0.05) is 6.07 Å². The molecule has 1 aromatic carbocycles. The van der Waals surface area contributed by atoms with Crippen LogP contribution in [0, 0.1) is 39.7 Å². The highest BCUT2D eigenvalue weighted by atomic mass is 16.6. The molecule has 0 heterocycles. The molecule has 15 heavy (non-hydrogen) atoms. The molecule has 0 N–H and O–H groups in total. The highest BCUT2D eigenvalue weighted by Gasteiger charge is 2.17. The number of nitrogens with zero attached hydrogens (tertiary/aromatic N) is 3. The summed E-state index contributed by atoms with van der Waals surface area (Å²) in [6.45, 7) is 1.61. The van der Waals surface area contributed by atoms with Gasteiger partial charge in [0.1, 0.15) is 11.6 Å². The number of benzene rings is 1. The molecular formula is C10H7N3O2. The van der Waals surface area contributed by atoms with Crippen LogP contribution in [0.5, 0.6) is 0 Å². The van der Waals surface area contributed by atoms with E-state index in [1.54, 1.807) is 13.0 Å². The topological polar surface area (TPSA) is 90.7 Å². The van der Waals surface area contributed by atoms with Crippen molar-refractivity contribution >= 4 is 5.69 Å². The van der Waals surface area contributed by atoms with Crippen LogP contribution in [-0.4, -0.2) is 4.92 Å². The average Bonchev–Trinajstić information content (AvgIpc) is 2.20. The fraction of sp³-hybridized carbons (Fsp3) is 0.200. The minimum atomic E-state index is -0.596. The predicted molar refractivity (Wildman–Crippen MR) is 51.9 cm³/mol. The molecule has 0 unspecified atom stereocenters. The van der Waals surface area contributed by atoms with Crippen molar-refractivity contribution in [1.29, 1.82) is 10.5 Å². The van der Waals surface area contributed by atoms with E-state index in [0.717, 1.165) is 0 Å². The summed E-state index contributed by atoms with van der Waals surface area (Å²) in [5.74, 6) is 0. The van der Waals surface area contributed by atoms with E-state index in [0.29, 0.717) is 11.1 Å². The normalized spacial score (nSPS) is 9.00. The molecule has 0 radical (unpaired) electrons. The van der Waals surface area contributed by atoms with Crippen LogP contribution >= 0.6 is 0 Å². The summed E-state index contributed by atoms with van der Waals surface area (Å²) in [6.07, 6.45) is 0.151. The summed E-state index contributed by atoms with van der Waals surface area (Å²) in [5.41, 5.74) is 0.984. The monoisotopic (exact) mass is 201 g/mol. The van der Waals surface area contributed by atoms with E-state index in [1.807, 2.05) is 6.07 Å². The molecule has 0 fully saturated rings. The van der Waals surface area contributed by atoms with Gasteiger partial charge in [-0.25, -0.2) is 0 Å². The molecule has 0 saturated carbocycles. The van der Waals surface area contributed by atoms with E-state index in [4.69, 9.17) is 10.5 Å². The lowest BCUT2D eigenvalue weighted by atomic mass is 9.99. The van der Waals surface area contributed by atoms with Gasteiger partial charge < -0.3 is 0 Å². The number of hydrogen-bond acceptors (Lipinski definition) is 4. The molecule has 0 amide bonds. The smallest absolute Gasteiger partial charge is 0.258 e. The fourth-order valence-electron chi connectivity index (χ4n) is 1.31. The molecule has 0 aliphatic carbocycles. The van der Waals surface area contributed by atoms with Crippen LogP contribution in [0.4, 0.5) is 5.69 Å². The second kappa shape index (κ2) is 4.21. The Hall–Kier alpha value is -2.40. The molecule has 1 aromatic rings. The van der Waals surface area contributed by atoms with Crippen LogP contribution in [0.2, 0.25) is 0 Å². The molecule has 0 saturated heterocycles. The van der Waals surface area contributed by atoms with Gasteiger partial charge in [0.2, 0.25) is 0 Å². The first-order valence-electron chi connectivity index (χ1n) is 4.15. The Labute approximate surface area is 86.3 Å². The number of rotatable bonds is 2. The third-order valence-electron chi connectivity index (χ3n) is 2.13. The van der Waals surface area contributed by atoms with Gasteiger partial charge in [0.05, 0.1) is 17.4 Å². The summed E-state index contributed by atoms with van der Waals surface area (Å²) in [4.78, 5) is 10.00. The molecule has 74 valence electrons. The van der Waals surface area contributed by atoms with Gasteiger partial charge in [0.15, 0.2) is 0 Å². The number of hydrogen-bond donors (Lipinski definition) is 0. The first-order chi connectivity index (χ1) is 7.11. The van der Waals surface area contributed by atoms with Crippen LogP contribution < -0.4 is 0 Å². The highest BCUT2D eigenvalue weighted by molar-refractivity contribution is 5.56. The van der Waals surface area contributed by atoms with Crippen molar-refractivity contribution in [2.45, 2.75) is 13.3 Å². The summed E-state index contributed by atoms with van der Waals surface area (Å²) in [6, 6.07) is 6.51. The molecule has 0 atom stereocenters. The Morgan fingerprint density at radius 3 is 2.60 bits per heavy atom. The summed E-state index contributed by atoms with van der Waals surface area (Å²) in [7, 11) is 0. The third kappa shape index (κ3) is 1.92. The average molecular weight is 201 g/mol. The minimum absolute atomic E-state index is 0.0350. The zero-order valence-electron chi connectivity index (χ0n) is 8.02. The standard InChI is InChI=1S/C10H7N3O2/c1-7-8(4-5-11)2-3-10(13(14)15)9(7)6-12/h2-3H,4H2,1H3. The van der Waals surface area contributed by atoms with E-state index in [-0.39, 0.29) is 17.7 Å². The second-order valence-electron chi connectivity index (χ2n) is 2.95.